The fraction of sp³-hybridized carbons (Fsp3) is 0.850. The van der Waals surface area contributed by atoms with E-state index in [2.05, 4.69) is 137 Å². The molecule has 2 saturated heterocycles. The third kappa shape index (κ3) is 8.91. The molecular formula is C40H76B2O6Si2. The van der Waals surface area contributed by atoms with E-state index < -0.39 is 53.3 Å². The van der Waals surface area contributed by atoms with Gasteiger partial charge in [0.25, 0.3) is 0 Å². The second kappa shape index (κ2) is 15.0. The van der Waals surface area contributed by atoms with Crippen molar-refractivity contribution in [1.82, 2.24) is 0 Å². The minimum atomic E-state index is -1.99. The first kappa shape index (κ1) is 43.9. The third-order valence-corrected chi connectivity index (χ3v) is 22.3. The van der Waals surface area contributed by atoms with Gasteiger partial charge in [0.05, 0.1) is 22.4 Å². The topological polar surface area (TPSA) is 55.4 Å². The summed E-state index contributed by atoms with van der Waals surface area (Å²) < 4.78 is 41.7. The lowest BCUT2D eigenvalue weighted by molar-refractivity contribution is 0.00578. The minimum Gasteiger partial charge on any atom is -0.416 e. The van der Waals surface area contributed by atoms with Crippen molar-refractivity contribution in [1.29, 1.82) is 0 Å². The average molecular weight is 731 g/mol. The van der Waals surface area contributed by atoms with Crippen molar-refractivity contribution in [3.8, 4) is 0 Å². The molecule has 50 heavy (non-hydrogen) atoms. The van der Waals surface area contributed by atoms with Crippen LogP contribution in [0.4, 0.5) is 0 Å². The van der Waals surface area contributed by atoms with Gasteiger partial charge in [0, 0.05) is 13.2 Å². The van der Waals surface area contributed by atoms with Crippen LogP contribution in [0, 0.1) is 0 Å². The highest BCUT2D eigenvalue weighted by atomic mass is 28.4. The predicted octanol–water partition coefficient (Wildman–Crippen LogP) is 9.32. The van der Waals surface area contributed by atoms with E-state index in [1.54, 1.807) is 0 Å². The standard InChI is InChI=1S/C40H76B2O6Si2/c1-21-23-29-31(25-27-43-49(17,18)35(3,4)5)34(42-47-39(13,14)40(15,16)48-42)32(26-28-44-50(19,20)36(6,7)8)30(24-22-2)33(29)41-45-37(9,10)38(11,12)46-41/h21-28H2,1-20H3. The fourth-order valence-corrected chi connectivity index (χ4v) is 8.49. The van der Waals surface area contributed by atoms with Crippen molar-refractivity contribution in [2.45, 2.75) is 208 Å². The van der Waals surface area contributed by atoms with Crippen molar-refractivity contribution in [3.63, 3.8) is 0 Å². The van der Waals surface area contributed by atoms with Gasteiger partial charge < -0.3 is 27.5 Å². The second-order valence-electron chi connectivity index (χ2n) is 20.1. The molecule has 0 atom stereocenters. The van der Waals surface area contributed by atoms with Crippen molar-refractivity contribution in [2.24, 2.45) is 0 Å². The summed E-state index contributed by atoms with van der Waals surface area (Å²) >= 11 is 0. The number of hydrogen-bond acceptors (Lipinski definition) is 6. The van der Waals surface area contributed by atoms with Gasteiger partial charge >= 0.3 is 14.2 Å². The first-order chi connectivity index (χ1) is 22.5. The lowest BCUT2D eigenvalue weighted by atomic mass is 9.61. The maximum Gasteiger partial charge on any atom is 0.495 e. The number of benzene rings is 1. The summed E-state index contributed by atoms with van der Waals surface area (Å²) in [6.45, 7) is 46.4. The summed E-state index contributed by atoms with van der Waals surface area (Å²) in [6.07, 6.45) is 5.39. The lowest BCUT2D eigenvalue weighted by Gasteiger charge is -2.37. The van der Waals surface area contributed by atoms with Crippen LogP contribution >= 0.6 is 0 Å². The van der Waals surface area contributed by atoms with Crippen LogP contribution in [0.5, 0.6) is 0 Å². The van der Waals surface area contributed by atoms with Gasteiger partial charge in [-0.15, -0.1) is 0 Å². The molecule has 3 rings (SSSR count). The van der Waals surface area contributed by atoms with Crippen molar-refractivity contribution >= 4 is 41.8 Å². The first-order valence-electron chi connectivity index (χ1n) is 19.7. The molecule has 0 saturated carbocycles. The van der Waals surface area contributed by atoms with E-state index in [9.17, 15) is 0 Å². The van der Waals surface area contributed by atoms with E-state index >= 15 is 0 Å². The van der Waals surface area contributed by atoms with Gasteiger partial charge in [0.1, 0.15) is 0 Å². The molecule has 1 aromatic carbocycles. The Bertz CT molecular complexity index is 1250. The summed E-state index contributed by atoms with van der Waals surface area (Å²) in [7, 11) is -4.94. The van der Waals surface area contributed by atoms with Crippen LogP contribution in [-0.2, 0) is 53.2 Å². The summed E-state index contributed by atoms with van der Waals surface area (Å²) in [5.41, 5.74) is 5.79. The van der Waals surface area contributed by atoms with E-state index in [1.165, 1.54) is 33.2 Å². The minimum absolute atomic E-state index is 0.124. The normalized spacial score (nSPS) is 20.6. The van der Waals surface area contributed by atoms with Gasteiger partial charge in [0.15, 0.2) is 16.6 Å². The summed E-state index contributed by atoms with van der Waals surface area (Å²) in [5.74, 6) is 0. The van der Waals surface area contributed by atoms with Gasteiger partial charge in [-0.05, 0) is 151 Å². The Hall–Kier alpha value is -0.456. The van der Waals surface area contributed by atoms with Gasteiger partial charge in [-0.3, -0.25) is 0 Å². The van der Waals surface area contributed by atoms with Gasteiger partial charge in [0.2, 0.25) is 0 Å². The number of rotatable bonds is 14. The molecule has 2 aliphatic heterocycles. The third-order valence-electron chi connectivity index (χ3n) is 13.2. The van der Waals surface area contributed by atoms with Crippen LogP contribution in [0.25, 0.3) is 0 Å². The lowest BCUT2D eigenvalue weighted by Crippen LogP contribution is -2.49. The molecule has 0 N–H and O–H groups in total. The molecule has 0 amide bonds. The molecule has 0 radical (unpaired) electrons. The summed E-state index contributed by atoms with van der Waals surface area (Å²) in [5, 5.41) is 0.248. The SMILES string of the molecule is CCCc1c(CCO[Si](C)(C)C(C)(C)C)c(B2OC(C)(C)C(C)(C)O2)c(CCO[Si](C)(C)C(C)(C)C)c(CCC)c1B1OC(C)(C)C(C)(C)O1. The average Bonchev–Trinajstić information content (AvgIpc) is 3.27. The molecule has 10 heteroatoms. The Kier molecular flexibility index (Phi) is 13.2. The molecule has 2 fully saturated rings. The van der Waals surface area contributed by atoms with Crippen molar-refractivity contribution in [2.75, 3.05) is 13.2 Å². The highest BCUT2D eigenvalue weighted by Gasteiger charge is 2.56. The predicted molar refractivity (Wildman–Crippen MR) is 220 cm³/mol. The largest absolute Gasteiger partial charge is 0.495 e. The van der Waals surface area contributed by atoms with E-state index in [-0.39, 0.29) is 10.1 Å². The molecule has 0 spiro atoms. The zero-order valence-corrected chi connectivity index (χ0v) is 38.3. The Labute approximate surface area is 311 Å². The molecule has 0 aromatic heterocycles. The highest BCUT2D eigenvalue weighted by molar-refractivity contribution is 6.74. The zero-order chi connectivity index (χ0) is 38.5. The molecule has 0 bridgehead atoms. The van der Waals surface area contributed by atoms with Crippen molar-refractivity contribution in [3.05, 3.63) is 22.3 Å². The quantitative estimate of drug-likeness (QED) is 0.178. The van der Waals surface area contributed by atoms with Gasteiger partial charge in [-0.25, -0.2) is 0 Å². The Balaban J connectivity index is 2.40. The monoisotopic (exact) mass is 731 g/mol. The van der Waals surface area contributed by atoms with Gasteiger partial charge in [-0.2, -0.15) is 0 Å². The maximum absolute atomic E-state index is 6.98. The van der Waals surface area contributed by atoms with Crippen LogP contribution in [0.2, 0.25) is 36.3 Å². The Morgan fingerprint density at radius 2 is 0.720 bits per heavy atom. The van der Waals surface area contributed by atoms with Gasteiger partial charge in [-0.1, -0.05) is 68.2 Å². The Morgan fingerprint density at radius 3 is 0.940 bits per heavy atom. The van der Waals surface area contributed by atoms with Crippen molar-refractivity contribution < 1.29 is 27.5 Å². The van der Waals surface area contributed by atoms with E-state index in [4.69, 9.17) is 27.5 Å². The summed E-state index contributed by atoms with van der Waals surface area (Å²) in [4.78, 5) is 0. The van der Waals surface area contributed by atoms with Crippen LogP contribution in [0.3, 0.4) is 0 Å². The second-order valence-corrected chi connectivity index (χ2v) is 29.8. The first-order valence-corrected chi connectivity index (χ1v) is 25.5. The molecule has 286 valence electrons. The molecular weight excluding hydrogens is 654 g/mol. The smallest absolute Gasteiger partial charge is 0.416 e. The maximum atomic E-state index is 6.98. The highest BCUT2D eigenvalue weighted by Crippen LogP contribution is 2.41. The van der Waals surface area contributed by atoms with E-state index in [1.807, 2.05) is 0 Å². The molecule has 1 aromatic rings. The molecule has 2 aliphatic rings. The molecule has 6 nitrogen and oxygen atoms in total. The van der Waals surface area contributed by atoms with Crippen LogP contribution in [0.15, 0.2) is 0 Å². The number of hydrogen-bond donors (Lipinski definition) is 0. The molecule has 0 unspecified atom stereocenters. The zero-order valence-electron chi connectivity index (χ0n) is 36.3. The molecule has 0 aliphatic carbocycles. The van der Waals surface area contributed by atoms with E-state index in [0.29, 0.717) is 13.2 Å². The van der Waals surface area contributed by atoms with Crippen LogP contribution in [0.1, 0.15) is 146 Å². The Morgan fingerprint density at radius 1 is 0.480 bits per heavy atom. The summed E-state index contributed by atoms with van der Waals surface area (Å²) in [6, 6.07) is 0. The molecule has 2 heterocycles. The van der Waals surface area contributed by atoms with Crippen LogP contribution < -0.4 is 10.9 Å². The van der Waals surface area contributed by atoms with Crippen LogP contribution in [-0.4, -0.2) is 66.5 Å². The fourth-order valence-electron chi connectivity index (χ4n) is 6.40. The van der Waals surface area contributed by atoms with E-state index in [0.717, 1.165) is 38.5 Å².